The second-order valence-electron chi connectivity index (χ2n) is 3.25. The Morgan fingerprint density at radius 3 is 2.85 bits per heavy atom. The number of hydrogen-bond donors (Lipinski definition) is 0. The molecule has 0 aliphatic rings. The molecule has 0 radical (unpaired) electrons. The molecule has 3 nitrogen and oxygen atoms in total. The largest absolute Gasteiger partial charge is 0.470 e. The van der Waals surface area contributed by atoms with Crippen molar-refractivity contribution < 1.29 is 9.53 Å². The number of hydrogen-bond acceptors (Lipinski definition) is 4. The molecule has 13 heavy (non-hydrogen) atoms. The van der Waals surface area contributed by atoms with E-state index in [0.717, 1.165) is 0 Å². The predicted molar refractivity (Wildman–Crippen MR) is 52.5 cm³/mol. The maximum Gasteiger partial charge on any atom is 0.273 e. The van der Waals surface area contributed by atoms with E-state index >= 15 is 0 Å². The van der Waals surface area contributed by atoms with Gasteiger partial charge in [0.1, 0.15) is 0 Å². The van der Waals surface area contributed by atoms with Crippen LogP contribution in [-0.2, 0) is 0 Å². The van der Waals surface area contributed by atoms with Gasteiger partial charge in [0.15, 0.2) is 5.78 Å². The smallest absolute Gasteiger partial charge is 0.273 e. The first-order valence-electron chi connectivity index (χ1n) is 4.19. The SMILES string of the molecule is CC(=O)c1cnc(OCC(C)C)s1. The lowest BCUT2D eigenvalue weighted by atomic mass is 10.2. The molecule has 0 aliphatic heterocycles. The van der Waals surface area contributed by atoms with Gasteiger partial charge in [-0.15, -0.1) is 0 Å². The molecule has 0 fully saturated rings. The van der Waals surface area contributed by atoms with E-state index in [0.29, 0.717) is 22.6 Å². The highest BCUT2D eigenvalue weighted by Crippen LogP contribution is 2.21. The fourth-order valence-electron chi connectivity index (χ4n) is 0.726. The van der Waals surface area contributed by atoms with Gasteiger partial charge in [-0.2, -0.15) is 0 Å². The molecule has 0 unspecified atom stereocenters. The Balaban J connectivity index is 2.54. The van der Waals surface area contributed by atoms with Gasteiger partial charge in [-0.05, 0) is 5.92 Å². The summed E-state index contributed by atoms with van der Waals surface area (Å²) in [5, 5.41) is 0.582. The highest BCUT2D eigenvalue weighted by atomic mass is 32.1. The van der Waals surface area contributed by atoms with Gasteiger partial charge in [0.2, 0.25) is 0 Å². The van der Waals surface area contributed by atoms with Crippen LogP contribution in [0.15, 0.2) is 6.20 Å². The summed E-state index contributed by atoms with van der Waals surface area (Å²) in [4.78, 5) is 15.5. The van der Waals surface area contributed by atoms with Gasteiger partial charge in [-0.1, -0.05) is 25.2 Å². The molecule has 0 saturated carbocycles. The lowest BCUT2D eigenvalue weighted by Gasteiger charge is -2.03. The van der Waals surface area contributed by atoms with Crippen LogP contribution in [0.4, 0.5) is 0 Å². The van der Waals surface area contributed by atoms with E-state index in [1.54, 1.807) is 6.20 Å². The molecule has 0 saturated heterocycles. The quantitative estimate of drug-likeness (QED) is 0.699. The molecule has 1 rings (SSSR count). The zero-order valence-electron chi connectivity index (χ0n) is 8.03. The van der Waals surface area contributed by atoms with Gasteiger partial charge in [0.25, 0.3) is 5.19 Å². The minimum Gasteiger partial charge on any atom is -0.470 e. The highest BCUT2D eigenvalue weighted by molar-refractivity contribution is 7.15. The van der Waals surface area contributed by atoms with Crippen LogP contribution in [0, 0.1) is 5.92 Å². The van der Waals surface area contributed by atoms with E-state index in [9.17, 15) is 4.79 Å². The molecule has 0 aliphatic carbocycles. The molecule has 0 atom stereocenters. The first-order chi connectivity index (χ1) is 6.09. The van der Waals surface area contributed by atoms with Gasteiger partial charge in [-0.25, -0.2) is 4.98 Å². The number of ketones is 1. The van der Waals surface area contributed by atoms with Crippen LogP contribution in [0.3, 0.4) is 0 Å². The van der Waals surface area contributed by atoms with Gasteiger partial charge < -0.3 is 4.74 Å². The Kier molecular flexibility index (Phi) is 3.42. The molecule has 0 aromatic carbocycles. The van der Waals surface area contributed by atoms with Crippen LogP contribution in [0.25, 0.3) is 0 Å². The van der Waals surface area contributed by atoms with E-state index in [4.69, 9.17) is 4.74 Å². The fourth-order valence-corrected chi connectivity index (χ4v) is 1.40. The third kappa shape index (κ3) is 3.14. The minimum atomic E-state index is 0.0388. The van der Waals surface area contributed by atoms with Crippen molar-refractivity contribution >= 4 is 17.1 Å². The second kappa shape index (κ2) is 4.37. The number of ether oxygens (including phenoxy) is 1. The van der Waals surface area contributed by atoms with Gasteiger partial charge in [0.05, 0.1) is 17.7 Å². The molecule has 0 amide bonds. The number of aromatic nitrogens is 1. The van der Waals surface area contributed by atoms with Crippen molar-refractivity contribution in [3.63, 3.8) is 0 Å². The summed E-state index contributed by atoms with van der Waals surface area (Å²) in [5.74, 6) is 0.515. The Morgan fingerprint density at radius 2 is 2.38 bits per heavy atom. The lowest BCUT2D eigenvalue weighted by molar-refractivity contribution is 0.102. The molecule has 4 heteroatoms. The second-order valence-corrected chi connectivity index (χ2v) is 4.24. The van der Waals surface area contributed by atoms with Crippen LogP contribution >= 0.6 is 11.3 Å². The van der Waals surface area contributed by atoms with Crippen molar-refractivity contribution in [1.29, 1.82) is 0 Å². The van der Waals surface area contributed by atoms with Crippen LogP contribution in [-0.4, -0.2) is 17.4 Å². The number of thiazole rings is 1. The molecule has 0 N–H and O–H groups in total. The molecular formula is C9H13NO2S. The number of carbonyl (C=O) groups is 1. The third-order valence-electron chi connectivity index (χ3n) is 1.37. The molecule has 72 valence electrons. The third-order valence-corrected chi connectivity index (χ3v) is 2.38. The molecular weight excluding hydrogens is 186 g/mol. The maximum atomic E-state index is 10.9. The zero-order valence-corrected chi connectivity index (χ0v) is 8.85. The topological polar surface area (TPSA) is 39.2 Å². The van der Waals surface area contributed by atoms with Crippen molar-refractivity contribution in [2.45, 2.75) is 20.8 Å². The number of rotatable bonds is 4. The van der Waals surface area contributed by atoms with Crippen LogP contribution in [0.5, 0.6) is 5.19 Å². The van der Waals surface area contributed by atoms with E-state index in [-0.39, 0.29) is 5.78 Å². The lowest BCUT2D eigenvalue weighted by Crippen LogP contribution is -2.03. The van der Waals surface area contributed by atoms with E-state index in [1.165, 1.54) is 18.3 Å². The summed E-state index contributed by atoms with van der Waals surface area (Å²) in [7, 11) is 0. The summed E-state index contributed by atoms with van der Waals surface area (Å²) in [6.45, 7) is 6.31. The summed E-state index contributed by atoms with van der Waals surface area (Å²) >= 11 is 1.30. The van der Waals surface area contributed by atoms with Gasteiger partial charge in [-0.3, -0.25) is 4.79 Å². The fraction of sp³-hybridized carbons (Fsp3) is 0.556. The molecule has 1 aromatic rings. The molecule has 1 aromatic heterocycles. The van der Waals surface area contributed by atoms with E-state index in [2.05, 4.69) is 18.8 Å². The number of nitrogens with zero attached hydrogens (tertiary/aromatic N) is 1. The van der Waals surface area contributed by atoms with E-state index in [1.807, 2.05) is 0 Å². The summed E-state index contributed by atoms with van der Waals surface area (Å²) in [6, 6.07) is 0. The maximum absolute atomic E-state index is 10.9. The van der Waals surface area contributed by atoms with Crippen LogP contribution < -0.4 is 4.74 Å². The van der Waals surface area contributed by atoms with Crippen LogP contribution in [0.1, 0.15) is 30.4 Å². The Labute approximate surface area is 81.8 Å². The Bertz CT molecular complexity index is 294. The van der Waals surface area contributed by atoms with Crippen molar-refractivity contribution in [3.8, 4) is 5.19 Å². The number of Topliss-reactive ketones (excluding diaryl/α,β-unsaturated/α-hetero) is 1. The minimum absolute atomic E-state index is 0.0388. The zero-order chi connectivity index (χ0) is 9.84. The molecule has 0 bridgehead atoms. The van der Waals surface area contributed by atoms with Crippen molar-refractivity contribution in [2.24, 2.45) is 5.92 Å². The number of carbonyl (C=O) groups excluding carboxylic acids is 1. The molecule has 1 heterocycles. The summed E-state index contributed by atoms with van der Waals surface area (Å²) in [5.41, 5.74) is 0. The Hall–Kier alpha value is -0.900. The average molecular weight is 199 g/mol. The van der Waals surface area contributed by atoms with Crippen molar-refractivity contribution in [3.05, 3.63) is 11.1 Å². The first kappa shape index (κ1) is 10.2. The van der Waals surface area contributed by atoms with E-state index < -0.39 is 0 Å². The van der Waals surface area contributed by atoms with Gasteiger partial charge >= 0.3 is 0 Å². The van der Waals surface area contributed by atoms with Gasteiger partial charge in [0, 0.05) is 6.92 Å². The highest BCUT2D eigenvalue weighted by Gasteiger charge is 2.06. The monoisotopic (exact) mass is 199 g/mol. The van der Waals surface area contributed by atoms with Crippen molar-refractivity contribution in [1.82, 2.24) is 4.98 Å². The normalized spacial score (nSPS) is 10.5. The molecule has 0 spiro atoms. The van der Waals surface area contributed by atoms with Crippen LogP contribution in [0.2, 0.25) is 0 Å². The first-order valence-corrected chi connectivity index (χ1v) is 5.01. The Morgan fingerprint density at radius 1 is 1.69 bits per heavy atom. The summed E-state index contributed by atoms with van der Waals surface area (Å²) < 4.78 is 5.35. The predicted octanol–water partition coefficient (Wildman–Crippen LogP) is 2.38. The summed E-state index contributed by atoms with van der Waals surface area (Å²) in [6.07, 6.45) is 1.56. The average Bonchev–Trinajstić information content (AvgIpc) is 2.48. The van der Waals surface area contributed by atoms with Crippen molar-refractivity contribution in [2.75, 3.05) is 6.61 Å². The standard InChI is InChI=1S/C9H13NO2S/c1-6(2)5-12-9-10-4-8(13-9)7(3)11/h4,6H,5H2,1-3H3.